The SMILES string of the molecule is COc1c(C)c(C)c(OC)c(C#C[C@](C)(O)[C@H](O)CO[Si](C)(C)C(C)(C)C(C)C)c1C. The first-order valence-corrected chi connectivity index (χ1v) is 13.7. The number of methoxy groups -OCH3 is 2. The van der Waals surface area contributed by atoms with Crippen molar-refractivity contribution in [3.8, 4) is 23.3 Å². The third-order valence-corrected chi connectivity index (χ3v) is 11.9. The highest BCUT2D eigenvalue weighted by molar-refractivity contribution is 6.74. The first-order valence-electron chi connectivity index (χ1n) is 10.8. The first kappa shape index (κ1) is 27.5. The molecule has 0 unspecified atom stereocenters. The van der Waals surface area contributed by atoms with Gasteiger partial charge in [0.25, 0.3) is 0 Å². The Labute approximate surface area is 190 Å². The van der Waals surface area contributed by atoms with Crippen molar-refractivity contribution >= 4 is 8.32 Å². The van der Waals surface area contributed by atoms with Crippen LogP contribution in [0.1, 0.15) is 56.9 Å². The summed E-state index contributed by atoms with van der Waals surface area (Å²) in [5, 5.41) is 21.6. The average Bonchev–Trinajstić information content (AvgIpc) is 2.67. The Hall–Kier alpha value is -1.52. The van der Waals surface area contributed by atoms with Gasteiger partial charge >= 0.3 is 0 Å². The molecule has 0 fully saturated rings. The monoisotopic (exact) mass is 450 g/mol. The van der Waals surface area contributed by atoms with Gasteiger partial charge < -0.3 is 24.1 Å². The molecule has 0 bridgehead atoms. The Kier molecular flexibility index (Phi) is 8.83. The fraction of sp³-hybridized carbons (Fsp3) is 0.680. The van der Waals surface area contributed by atoms with E-state index in [1.807, 2.05) is 20.8 Å². The summed E-state index contributed by atoms with van der Waals surface area (Å²) in [6.45, 7) is 20.5. The summed E-state index contributed by atoms with van der Waals surface area (Å²) < 4.78 is 17.4. The molecule has 5 nitrogen and oxygen atoms in total. The molecule has 0 heterocycles. The number of aliphatic hydroxyl groups excluding tert-OH is 1. The summed E-state index contributed by atoms with van der Waals surface area (Å²) in [7, 11) is 1.10. The van der Waals surface area contributed by atoms with Gasteiger partial charge in [0.1, 0.15) is 17.6 Å². The van der Waals surface area contributed by atoms with E-state index < -0.39 is 20.0 Å². The van der Waals surface area contributed by atoms with Crippen molar-refractivity contribution in [3.05, 3.63) is 22.3 Å². The molecular weight excluding hydrogens is 408 g/mol. The number of rotatable bonds is 8. The van der Waals surface area contributed by atoms with Gasteiger partial charge in [0.2, 0.25) is 0 Å². The minimum absolute atomic E-state index is 0.0186. The van der Waals surface area contributed by atoms with E-state index in [1.54, 1.807) is 14.2 Å². The molecule has 0 aliphatic heterocycles. The van der Waals surface area contributed by atoms with Crippen molar-refractivity contribution in [1.29, 1.82) is 0 Å². The van der Waals surface area contributed by atoms with Gasteiger partial charge in [-0.3, -0.25) is 0 Å². The molecule has 0 amide bonds. The highest BCUT2D eigenvalue weighted by Crippen LogP contribution is 2.44. The van der Waals surface area contributed by atoms with Gasteiger partial charge in [0.05, 0.1) is 26.4 Å². The number of benzene rings is 1. The number of aliphatic hydroxyl groups is 2. The number of hydrogen-bond donors (Lipinski definition) is 2. The second-order valence-electron chi connectivity index (χ2n) is 9.93. The van der Waals surface area contributed by atoms with E-state index in [0.29, 0.717) is 17.2 Å². The van der Waals surface area contributed by atoms with Crippen LogP contribution in [0.4, 0.5) is 0 Å². The van der Waals surface area contributed by atoms with E-state index in [4.69, 9.17) is 13.9 Å². The molecule has 1 aromatic rings. The van der Waals surface area contributed by atoms with E-state index in [9.17, 15) is 10.2 Å². The Morgan fingerprint density at radius 3 is 1.87 bits per heavy atom. The van der Waals surface area contributed by atoms with E-state index in [1.165, 1.54) is 6.92 Å². The molecule has 0 aliphatic carbocycles. The molecule has 31 heavy (non-hydrogen) atoms. The lowest BCUT2D eigenvalue weighted by molar-refractivity contribution is -0.0436. The van der Waals surface area contributed by atoms with E-state index in [-0.39, 0.29) is 11.6 Å². The largest absolute Gasteiger partial charge is 0.496 e. The minimum atomic E-state index is -2.13. The summed E-state index contributed by atoms with van der Waals surface area (Å²) in [6.07, 6.45) is -1.14. The van der Waals surface area contributed by atoms with Crippen LogP contribution >= 0.6 is 0 Å². The summed E-state index contributed by atoms with van der Waals surface area (Å²) in [4.78, 5) is 0. The van der Waals surface area contributed by atoms with E-state index >= 15 is 0 Å². The van der Waals surface area contributed by atoms with Gasteiger partial charge in [0.15, 0.2) is 13.9 Å². The molecule has 176 valence electrons. The van der Waals surface area contributed by atoms with Crippen LogP contribution < -0.4 is 9.47 Å². The van der Waals surface area contributed by atoms with Crippen LogP contribution in [0.25, 0.3) is 0 Å². The first-order chi connectivity index (χ1) is 14.0. The summed E-state index contributed by atoms with van der Waals surface area (Å²) in [5.74, 6) is 7.72. The van der Waals surface area contributed by atoms with Crippen LogP contribution in [0, 0.1) is 38.5 Å². The van der Waals surface area contributed by atoms with E-state index in [0.717, 1.165) is 22.4 Å². The highest BCUT2D eigenvalue weighted by Gasteiger charge is 2.44. The van der Waals surface area contributed by atoms with Gasteiger partial charge in [-0.25, -0.2) is 0 Å². The lowest BCUT2D eigenvalue weighted by Crippen LogP contribution is -2.49. The zero-order valence-corrected chi connectivity index (χ0v) is 22.5. The summed E-state index contributed by atoms with van der Waals surface area (Å²) >= 11 is 0. The van der Waals surface area contributed by atoms with Gasteiger partial charge in [-0.15, -0.1) is 0 Å². The molecule has 0 spiro atoms. The molecule has 1 rings (SSSR count). The van der Waals surface area contributed by atoms with Crippen LogP contribution in [0.15, 0.2) is 0 Å². The van der Waals surface area contributed by atoms with Gasteiger partial charge in [-0.2, -0.15) is 0 Å². The molecule has 2 atom stereocenters. The zero-order valence-electron chi connectivity index (χ0n) is 21.5. The predicted octanol–water partition coefficient (Wildman–Crippen LogP) is 4.75. The smallest absolute Gasteiger partial charge is 0.192 e. The predicted molar refractivity (Wildman–Crippen MR) is 130 cm³/mol. The van der Waals surface area contributed by atoms with Crippen LogP contribution in [-0.2, 0) is 4.43 Å². The van der Waals surface area contributed by atoms with Crippen molar-refractivity contribution in [2.24, 2.45) is 5.92 Å². The normalized spacial score (nSPS) is 15.2. The van der Waals surface area contributed by atoms with Crippen LogP contribution in [0.3, 0.4) is 0 Å². The highest BCUT2D eigenvalue weighted by atomic mass is 28.4. The third kappa shape index (κ3) is 5.64. The quantitative estimate of drug-likeness (QED) is 0.442. The fourth-order valence-corrected chi connectivity index (χ4v) is 5.75. The molecule has 2 N–H and O–H groups in total. The van der Waals surface area contributed by atoms with Crippen molar-refractivity contribution in [2.45, 2.75) is 85.2 Å². The molecule has 0 saturated carbocycles. The third-order valence-electron chi connectivity index (χ3n) is 7.28. The van der Waals surface area contributed by atoms with Crippen LogP contribution in [0.2, 0.25) is 18.1 Å². The molecular formula is C25H42O5Si. The Morgan fingerprint density at radius 1 is 0.935 bits per heavy atom. The minimum Gasteiger partial charge on any atom is -0.496 e. The maximum atomic E-state index is 10.9. The maximum Gasteiger partial charge on any atom is 0.192 e. The molecule has 1 aromatic carbocycles. The second-order valence-corrected chi connectivity index (χ2v) is 14.5. The van der Waals surface area contributed by atoms with Crippen molar-refractivity contribution in [3.63, 3.8) is 0 Å². The standard InChI is InChI=1S/C25H42O5Si/c1-16(2)24(6,7)31(11,12)30-15-21(26)25(8,27)14-13-20-19(5)22(28-9)17(3)18(4)23(20)29-10/h16,21,26-27H,15H2,1-12H3/t21-,25+/m1/s1. The molecule has 6 heteroatoms. The van der Waals surface area contributed by atoms with Crippen molar-refractivity contribution in [1.82, 2.24) is 0 Å². The molecule has 0 aliphatic rings. The lowest BCUT2D eigenvalue weighted by atomic mass is 9.95. The van der Waals surface area contributed by atoms with Crippen LogP contribution in [0.5, 0.6) is 11.5 Å². The van der Waals surface area contributed by atoms with Crippen molar-refractivity contribution in [2.75, 3.05) is 20.8 Å². The zero-order chi connectivity index (χ0) is 24.4. The topological polar surface area (TPSA) is 68.2 Å². The molecule has 0 saturated heterocycles. The lowest BCUT2D eigenvalue weighted by Gasteiger charge is -2.43. The van der Waals surface area contributed by atoms with Gasteiger partial charge in [-0.1, -0.05) is 39.5 Å². The second kappa shape index (κ2) is 9.95. The fourth-order valence-electron chi connectivity index (χ4n) is 3.41. The molecule has 0 aromatic heterocycles. The Morgan fingerprint density at radius 2 is 1.42 bits per heavy atom. The number of hydrogen-bond acceptors (Lipinski definition) is 5. The molecule has 0 radical (unpaired) electrons. The van der Waals surface area contributed by atoms with E-state index in [2.05, 4.69) is 52.6 Å². The Bertz CT molecular complexity index is 844. The summed E-state index contributed by atoms with van der Waals surface area (Å²) in [5.41, 5.74) is 1.76. The maximum absolute atomic E-state index is 10.9. The number of ether oxygens (including phenoxy) is 2. The van der Waals surface area contributed by atoms with Crippen LogP contribution in [-0.4, -0.2) is 51.1 Å². The van der Waals surface area contributed by atoms with Gasteiger partial charge in [-0.05, 0) is 62.9 Å². The average molecular weight is 451 g/mol. The van der Waals surface area contributed by atoms with Crippen molar-refractivity contribution < 1.29 is 24.1 Å². The Balaban J connectivity index is 3.22. The van der Waals surface area contributed by atoms with Gasteiger partial charge in [0, 0.05) is 5.56 Å². The summed E-state index contributed by atoms with van der Waals surface area (Å²) in [6, 6.07) is 0.